The quantitative estimate of drug-likeness (QED) is 0.736. The zero-order chi connectivity index (χ0) is 20.1. The molecule has 0 radical (unpaired) electrons. The van der Waals surface area contributed by atoms with Gasteiger partial charge in [-0.2, -0.15) is 5.26 Å². The van der Waals surface area contributed by atoms with E-state index < -0.39 is 0 Å². The Morgan fingerprint density at radius 2 is 2.17 bits per heavy atom. The lowest BCUT2D eigenvalue weighted by molar-refractivity contribution is -0.122. The molecule has 0 spiro atoms. The Kier molecular flexibility index (Phi) is 6.27. The SMILES string of the molecule is N#CCNC(=O)C1CCCCN1c1cccc(-c2csc(N3CCNCC3)n2)c1. The van der Waals surface area contributed by atoms with Crippen LogP contribution in [0.3, 0.4) is 0 Å². The molecule has 1 aromatic carbocycles. The molecule has 0 saturated carbocycles. The molecule has 1 atom stereocenters. The topological polar surface area (TPSA) is 84.3 Å². The predicted octanol–water partition coefficient (Wildman–Crippen LogP) is 2.22. The van der Waals surface area contributed by atoms with Crippen molar-refractivity contribution in [2.45, 2.75) is 25.3 Å². The second kappa shape index (κ2) is 9.25. The van der Waals surface area contributed by atoms with Crippen molar-refractivity contribution in [3.05, 3.63) is 29.6 Å². The van der Waals surface area contributed by atoms with Crippen molar-refractivity contribution in [1.82, 2.24) is 15.6 Å². The molecule has 2 N–H and O–H groups in total. The Labute approximate surface area is 175 Å². The van der Waals surface area contributed by atoms with Gasteiger partial charge in [0.25, 0.3) is 0 Å². The van der Waals surface area contributed by atoms with E-state index >= 15 is 0 Å². The van der Waals surface area contributed by atoms with Crippen LogP contribution >= 0.6 is 11.3 Å². The molecule has 8 heteroatoms. The Balaban J connectivity index is 1.54. The van der Waals surface area contributed by atoms with E-state index in [1.165, 1.54) is 0 Å². The van der Waals surface area contributed by atoms with Crippen LogP contribution in [0.4, 0.5) is 10.8 Å². The number of amides is 1. The maximum atomic E-state index is 12.5. The van der Waals surface area contributed by atoms with Gasteiger partial charge in [-0.3, -0.25) is 4.79 Å². The Hall–Kier alpha value is -2.63. The van der Waals surface area contributed by atoms with Crippen LogP contribution in [-0.4, -0.2) is 56.2 Å². The summed E-state index contributed by atoms with van der Waals surface area (Å²) in [7, 11) is 0. The van der Waals surface area contributed by atoms with E-state index in [1.807, 2.05) is 12.1 Å². The average molecular weight is 411 g/mol. The van der Waals surface area contributed by atoms with E-state index in [4.69, 9.17) is 10.2 Å². The lowest BCUT2D eigenvalue weighted by atomic mass is 9.99. The number of benzene rings is 1. The van der Waals surface area contributed by atoms with Crippen LogP contribution in [-0.2, 0) is 4.79 Å². The molecule has 1 aromatic heterocycles. The molecule has 7 nitrogen and oxygen atoms in total. The van der Waals surface area contributed by atoms with E-state index in [0.29, 0.717) is 0 Å². The number of piperidine rings is 1. The molecule has 2 aliphatic heterocycles. The van der Waals surface area contributed by atoms with Crippen molar-refractivity contribution in [1.29, 1.82) is 5.26 Å². The summed E-state index contributed by atoms with van der Waals surface area (Å²) < 4.78 is 0. The van der Waals surface area contributed by atoms with Crippen molar-refractivity contribution < 1.29 is 4.79 Å². The second-order valence-electron chi connectivity index (χ2n) is 7.38. The molecule has 0 bridgehead atoms. The molecule has 2 aromatic rings. The number of carbonyl (C=O) groups excluding carboxylic acids is 1. The Morgan fingerprint density at radius 1 is 1.31 bits per heavy atom. The largest absolute Gasteiger partial charge is 0.360 e. The number of carbonyl (C=O) groups is 1. The molecule has 4 rings (SSSR count). The highest BCUT2D eigenvalue weighted by Crippen LogP contribution is 2.32. The summed E-state index contributed by atoms with van der Waals surface area (Å²) in [6, 6.07) is 10.1. The van der Waals surface area contributed by atoms with Crippen molar-refractivity contribution in [2.24, 2.45) is 0 Å². The monoisotopic (exact) mass is 410 g/mol. The molecule has 0 aliphatic carbocycles. The smallest absolute Gasteiger partial charge is 0.243 e. The number of anilines is 2. The number of nitriles is 1. The first kappa shape index (κ1) is 19.7. The van der Waals surface area contributed by atoms with Crippen LogP contribution in [0.25, 0.3) is 11.3 Å². The van der Waals surface area contributed by atoms with Gasteiger partial charge in [-0.25, -0.2) is 4.98 Å². The number of hydrogen-bond donors (Lipinski definition) is 2. The normalized spacial score (nSPS) is 19.6. The molecule has 3 heterocycles. The lowest BCUT2D eigenvalue weighted by Gasteiger charge is -2.36. The third kappa shape index (κ3) is 4.52. The van der Waals surface area contributed by atoms with E-state index in [-0.39, 0.29) is 18.5 Å². The summed E-state index contributed by atoms with van der Waals surface area (Å²) in [5.74, 6) is -0.0636. The van der Waals surface area contributed by atoms with Crippen LogP contribution < -0.4 is 20.4 Å². The van der Waals surface area contributed by atoms with Gasteiger partial charge in [0.2, 0.25) is 5.91 Å². The summed E-state index contributed by atoms with van der Waals surface area (Å²) in [6.07, 6.45) is 2.91. The first-order valence-corrected chi connectivity index (χ1v) is 11.1. The summed E-state index contributed by atoms with van der Waals surface area (Å²) in [5.41, 5.74) is 3.09. The summed E-state index contributed by atoms with van der Waals surface area (Å²) in [6.45, 7) is 4.86. The molecule has 1 amide bonds. The maximum Gasteiger partial charge on any atom is 0.243 e. The molecular formula is C21H26N6OS. The van der Waals surface area contributed by atoms with Crippen LogP contribution in [0.5, 0.6) is 0 Å². The summed E-state index contributed by atoms with van der Waals surface area (Å²) in [5, 5.41) is 18.0. The highest BCUT2D eigenvalue weighted by Gasteiger charge is 2.29. The molecule has 2 aliphatic rings. The Morgan fingerprint density at radius 3 is 3.00 bits per heavy atom. The van der Waals surface area contributed by atoms with Crippen LogP contribution in [0.15, 0.2) is 29.6 Å². The van der Waals surface area contributed by atoms with Crippen molar-refractivity contribution >= 4 is 28.1 Å². The highest BCUT2D eigenvalue weighted by atomic mass is 32.1. The van der Waals surface area contributed by atoms with Gasteiger partial charge in [0, 0.05) is 49.4 Å². The number of rotatable bonds is 5. The molecule has 152 valence electrons. The fourth-order valence-corrected chi connectivity index (χ4v) is 4.89. The van der Waals surface area contributed by atoms with Crippen molar-refractivity contribution in [2.75, 3.05) is 49.1 Å². The number of nitrogens with one attached hydrogen (secondary N) is 2. The number of hydrogen-bond acceptors (Lipinski definition) is 7. The second-order valence-corrected chi connectivity index (χ2v) is 8.22. The van der Waals surface area contributed by atoms with Gasteiger partial charge in [-0.05, 0) is 31.4 Å². The van der Waals surface area contributed by atoms with E-state index in [2.05, 4.69) is 44.0 Å². The van der Waals surface area contributed by atoms with Gasteiger partial charge in [-0.1, -0.05) is 12.1 Å². The average Bonchev–Trinajstić information content (AvgIpc) is 3.29. The van der Waals surface area contributed by atoms with Crippen molar-refractivity contribution in [3.63, 3.8) is 0 Å². The van der Waals surface area contributed by atoms with E-state index in [9.17, 15) is 4.79 Å². The van der Waals surface area contributed by atoms with Gasteiger partial charge in [0.05, 0.1) is 11.8 Å². The fourth-order valence-electron chi connectivity index (χ4n) is 4.00. The molecule has 2 fully saturated rings. The Bertz CT molecular complexity index is 885. The van der Waals surface area contributed by atoms with Gasteiger partial charge < -0.3 is 20.4 Å². The minimum Gasteiger partial charge on any atom is -0.360 e. The van der Waals surface area contributed by atoms with Gasteiger partial charge in [0.1, 0.15) is 12.6 Å². The van der Waals surface area contributed by atoms with Crippen LogP contribution in [0.1, 0.15) is 19.3 Å². The standard InChI is InChI=1S/C21H26N6OS/c22-7-8-24-20(28)19-6-1-2-11-27(19)17-5-3-4-16(14-17)18-15-29-21(25-18)26-12-9-23-10-13-26/h3-5,14-15,19,23H,1-2,6,8-13H2,(H,24,28). The molecule has 29 heavy (non-hydrogen) atoms. The van der Waals surface area contributed by atoms with Gasteiger partial charge in [0.15, 0.2) is 5.13 Å². The number of nitrogens with zero attached hydrogens (tertiary/aromatic N) is 4. The number of piperazine rings is 1. The highest BCUT2D eigenvalue weighted by molar-refractivity contribution is 7.14. The molecule has 2 saturated heterocycles. The van der Waals surface area contributed by atoms with Gasteiger partial charge >= 0.3 is 0 Å². The maximum absolute atomic E-state index is 12.5. The molecule has 1 unspecified atom stereocenters. The first-order valence-electron chi connectivity index (χ1n) is 10.2. The van der Waals surface area contributed by atoms with E-state index in [0.717, 1.165) is 74.1 Å². The number of thiazole rings is 1. The third-order valence-corrected chi connectivity index (χ3v) is 6.40. The lowest BCUT2D eigenvalue weighted by Crippen LogP contribution is -2.49. The zero-order valence-electron chi connectivity index (χ0n) is 16.4. The number of aromatic nitrogens is 1. The minimum absolute atomic E-state index is 0.0524. The predicted molar refractivity (Wildman–Crippen MR) is 116 cm³/mol. The van der Waals surface area contributed by atoms with Crippen molar-refractivity contribution in [3.8, 4) is 17.3 Å². The summed E-state index contributed by atoms with van der Waals surface area (Å²) >= 11 is 1.69. The fraction of sp³-hybridized carbons (Fsp3) is 0.476. The van der Waals surface area contributed by atoms with Crippen LogP contribution in [0.2, 0.25) is 0 Å². The van der Waals surface area contributed by atoms with Crippen LogP contribution in [0, 0.1) is 11.3 Å². The zero-order valence-corrected chi connectivity index (χ0v) is 17.2. The third-order valence-electron chi connectivity index (χ3n) is 5.50. The van der Waals surface area contributed by atoms with Gasteiger partial charge in [-0.15, -0.1) is 11.3 Å². The van der Waals surface area contributed by atoms with E-state index in [1.54, 1.807) is 11.3 Å². The minimum atomic E-state index is -0.223. The summed E-state index contributed by atoms with van der Waals surface area (Å²) in [4.78, 5) is 21.9. The molecular weight excluding hydrogens is 384 g/mol. The first-order chi connectivity index (χ1) is 14.3.